The quantitative estimate of drug-likeness (QED) is 0.118. The number of nitriles is 1. The van der Waals surface area contributed by atoms with E-state index in [2.05, 4.69) is 56.5 Å². The molecule has 0 saturated carbocycles. The summed E-state index contributed by atoms with van der Waals surface area (Å²) >= 11 is 13.8. The van der Waals surface area contributed by atoms with Gasteiger partial charge in [-0.1, -0.05) is 53.5 Å². The summed E-state index contributed by atoms with van der Waals surface area (Å²) in [4.78, 5) is 9.63. The van der Waals surface area contributed by atoms with E-state index >= 15 is 0 Å². The lowest BCUT2D eigenvalue weighted by atomic mass is 9.96. The van der Waals surface area contributed by atoms with Crippen LogP contribution in [0.25, 0.3) is 11.1 Å². The van der Waals surface area contributed by atoms with Crippen LogP contribution in [-0.4, -0.2) is 51.8 Å². The zero-order valence-corrected chi connectivity index (χ0v) is 30.5. The van der Waals surface area contributed by atoms with E-state index in [1.807, 2.05) is 43.3 Å². The van der Waals surface area contributed by atoms with Crippen molar-refractivity contribution in [2.75, 3.05) is 26.7 Å². The number of aryl methyl sites for hydroxylation is 1. The Hall–Kier alpha value is -4.66. The number of piperidine rings is 1. The average Bonchev–Trinajstić information content (AvgIpc) is 3.55. The SMILES string of the molecule is Cc1nnc(CNCc2cc(Cl)c(OCc3cccc(-c4cccc(OCC5CCCN(C)C5)c4Cl)c3C)cc2OCc2cncc(C#N)c2)[nH]1. The number of rotatable bonds is 14. The molecule has 3 heterocycles. The molecule has 0 amide bonds. The molecule has 6 rings (SSSR count). The summed E-state index contributed by atoms with van der Waals surface area (Å²) < 4.78 is 18.9. The zero-order valence-electron chi connectivity index (χ0n) is 29.0. The van der Waals surface area contributed by atoms with E-state index in [0.29, 0.717) is 58.5 Å². The van der Waals surface area contributed by atoms with Crippen LogP contribution in [0.2, 0.25) is 10.0 Å². The van der Waals surface area contributed by atoms with Gasteiger partial charge in [-0.2, -0.15) is 5.26 Å². The highest BCUT2D eigenvalue weighted by atomic mass is 35.5. The van der Waals surface area contributed by atoms with Crippen LogP contribution in [0.4, 0.5) is 0 Å². The summed E-state index contributed by atoms with van der Waals surface area (Å²) in [5.41, 5.74) is 6.03. The molecule has 0 radical (unpaired) electrons. The third-order valence-electron chi connectivity index (χ3n) is 8.97. The lowest BCUT2D eigenvalue weighted by molar-refractivity contribution is 0.150. The number of likely N-dealkylation sites (tertiary alicyclic amines) is 1. The van der Waals surface area contributed by atoms with Crippen LogP contribution < -0.4 is 19.5 Å². The summed E-state index contributed by atoms with van der Waals surface area (Å²) in [7, 11) is 2.16. The van der Waals surface area contributed by atoms with Crippen LogP contribution in [0.5, 0.6) is 17.2 Å². The second kappa shape index (κ2) is 17.0. The van der Waals surface area contributed by atoms with Crippen LogP contribution >= 0.6 is 23.2 Å². The smallest absolute Gasteiger partial charge is 0.144 e. The highest BCUT2D eigenvalue weighted by molar-refractivity contribution is 6.35. The lowest BCUT2D eigenvalue weighted by Gasteiger charge is -2.29. The molecule has 0 spiro atoms. The van der Waals surface area contributed by atoms with Gasteiger partial charge in [0.15, 0.2) is 0 Å². The summed E-state index contributed by atoms with van der Waals surface area (Å²) in [6.45, 7) is 8.16. The number of hydrogen-bond acceptors (Lipinski definition) is 9. The number of H-pyrrole nitrogens is 1. The van der Waals surface area contributed by atoms with Crippen LogP contribution in [0, 0.1) is 31.1 Å². The van der Waals surface area contributed by atoms with Gasteiger partial charge in [0.05, 0.1) is 28.8 Å². The molecule has 264 valence electrons. The van der Waals surface area contributed by atoms with E-state index in [0.717, 1.165) is 64.5 Å². The molecule has 10 nitrogen and oxygen atoms in total. The Morgan fingerprint density at radius 3 is 2.55 bits per heavy atom. The number of benzene rings is 3. The molecule has 1 aliphatic heterocycles. The number of pyridine rings is 1. The van der Waals surface area contributed by atoms with Gasteiger partial charge in [-0.15, -0.1) is 10.2 Å². The van der Waals surface area contributed by atoms with Gasteiger partial charge in [0, 0.05) is 54.2 Å². The van der Waals surface area contributed by atoms with Crippen LogP contribution in [0.15, 0.2) is 67.0 Å². The Bertz CT molecular complexity index is 2010. The van der Waals surface area contributed by atoms with E-state index in [9.17, 15) is 5.26 Å². The third-order valence-corrected chi connectivity index (χ3v) is 9.65. The molecule has 51 heavy (non-hydrogen) atoms. The topological polar surface area (TPSA) is 121 Å². The zero-order chi connectivity index (χ0) is 35.7. The fraction of sp³-hybridized carbons (Fsp3) is 0.333. The van der Waals surface area contributed by atoms with Gasteiger partial charge in [-0.05, 0) is 75.2 Å². The first kappa shape index (κ1) is 36.1. The van der Waals surface area contributed by atoms with Crippen molar-refractivity contribution in [3.8, 4) is 34.4 Å². The predicted molar refractivity (Wildman–Crippen MR) is 198 cm³/mol. The molecule has 2 N–H and O–H groups in total. The monoisotopic (exact) mass is 725 g/mol. The number of ether oxygens (including phenoxy) is 3. The van der Waals surface area contributed by atoms with Crippen molar-refractivity contribution in [1.82, 2.24) is 30.4 Å². The average molecular weight is 727 g/mol. The molecular weight excluding hydrogens is 685 g/mol. The van der Waals surface area contributed by atoms with Gasteiger partial charge in [0.1, 0.15) is 48.2 Å². The fourth-order valence-electron chi connectivity index (χ4n) is 6.27. The van der Waals surface area contributed by atoms with E-state index in [4.69, 9.17) is 37.4 Å². The molecule has 1 saturated heterocycles. The highest BCUT2D eigenvalue weighted by Gasteiger charge is 2.20. The molecule has 12 heteroatoms. The summed E-state index contributed by atoms with van der Waals surface area (Å²) in [6, 6.07) is 19.6. The second-order valence-electron chi connectivity index (χ2n) is 12.9. The van der Waals surface area contributed by atoms with E-state index in [1.54, 1.807) is 18.3 Å². The largest absolute Gasteiger partial charge is 0.492 e. The number of nitrogens with zero attached hydrogens (tertiary/aromatic N) is 5. The maximum atomic E-state index is 9.31. The Kier molecular flexibility index (Phi) is 12.1. The van der Waals surface area contributed by atoms with Crippen LogP contribution in [0.1, 0.15) is 52.3 Å². The predicted octanol–water partition coefficient (Wildman–Crippen LogP) is 7.83. The lowest BCUT2D eigenvalue weighted by Crippen LogP contribution is -2.34. The molecular formula is C39H41Cl2N7O3. The minimum Gasteiger partial charge on any atom is -0.492 e. The first-order chi connectivity index (χ1) is 24.8. The number of aromatic nitrogens is 4. The second-order valence-corrected chi connectivity index (χ2v) is 13.7. The summed E-state index contributed by atoms with van der Waals surface area (Å²) in [5, 5.41) is 21.9. The maximum Gasteiger partial charge on any atom is 0.144 e. The van der Waals surface area contributed by atoms with Crippen molar-refractivity contribution < 1.29 is 14.2 Å². The van der Waals surface area contributed by atoms with Crippen molar-refractivity contribution in [2.45, 2.75) is 53.0 Å². The molecule has 1 fully saturated rings. The Morgan fingerprint density at radius 1 is 0.922 bits per heavy atom. The molecule has 1 atom stereocenters. The molecule has 0 bridgehead atoms. The molecule has 1 unspecified atom stereocenters. The number of hydrogen-bond donors (Lipinski definition) is 2. The summed E-state index contributed by atoms with van der Waals surface area (Å²) in [6.07, 6.45) is 5.55. The third kappa shape index (κ3) is 9.37. The Morgan fingerprint density at radius 2 is 1.75 bits per heavy atom. The Labute approximate surface area is 308 Å². The molecule has 0 aliphatic carbocycles. The minimum atomic E-state index is 0.209. The standard InChI is InChI=1S/C39H41Cl2N7O3/c1-25-30(8-4-9-32(25)33-10-5-11-35(39(33)41)49-22-27-7-6-12-48(3)21-27)24-51-37-15-36(50-23-29-13-28(16-42)17-43-18-29)31(14-34(37)40)19-44-20-38-45-26(2)46-47-38/h4-5,8-11,13-15,17-18,27,44H,6-7,12,19-24H2,1-3H3,(H,45,46,47). The minimum absolute atomic E-state index is 0.209. The van der Waals surface area contributed by atoms with E-state index in [-0.39, 0.29) is 13.2 Å². The Balaban J connectivity index is 1.18. The van der Waals surface area contributed by atoms with Gasteiger partial charge in [-0.25, -0.2) is 0 Å². The number of halogens is 2. The first-order valence-corrected chi connectivity index (χ1v) is 17.7. The summed E-state index contributed by atoms with van der Waals surface area (Å²) in [5.74, 6) is 3.74. The van der Waals surface area contributed by atoms with Crippen molar-refractivity contribution in [3.63, 3.8) is 0 Å². The highest BCUT2D eigenvalue weighted by Crippen LogP contribution is 2.39. The normalized spacial score (nSPS) is 14.6. The number of nitrogens with one attached hydrogen (secondary N) is 2. The van der Waals surface area contributed by atoms with E-state index < -0.39 is 0 Å². The van der Waals surface area contributed by atoms with Gasteiger partial charge in [-0.3, -0.25) is 4.98 Å². The first-order valence-electron chi connectivity index (χ1n) is 17.0. The molecule has 3 aromatic carbocycles. The fourth-order valence-corrected chi connectivity index (χ4v) is 6.79. The molecule has 2 aromatic heterocycles. The molecule has 5 aromatic rings. The van der Waals surface area contributed by atoms with Gasteiger partial charge in [0.25, 0.3) is 0 Å². The number of aromatic amines is 1. The van der Waals surface area contributed by atoms with Gasteiger partial charge in [0.2, 0.25) is 0 Å². The van der Waals surface area contributed by atoms with Gasteiger partial charge < -0.3 is 29.4 Å². The molecule has 1 aliphatic rings. The van der Waals surface area contributed by atoms with Crippen molar-refractivity contribution in [2.24, 2.45) is 5.92 Å². The van der Waals surface area contributed by atoms with Crippen molar-refractivity contribution >= 4 is 23.2 Å². The maximum absolute atomic E-state index is 9.31. The van der Waals surface area contributed by atoms with Gasteiger partial charge >= 0.3 is 0 Å². The van der Waals surface area contributed by atoms with Crippen molar-refractivity contribution in [3.05, 3.63) is 117 Å². The van der Waals surface area contributed by atoms with Crippen LogP contribution in [-0.2, 0) is 26.3 Å². The van der Waals surface area contributed by atoms with Crippen molar-refractivity contribution in [1.29, 1.82) is 5.26 Å². The van der Waals surface area contributed by atoms with Crippen LogP contribution in [0.3, 0.4) is 0 Å². The van der Waals surface area contributed by atoms with E-state index in [1.165, 1.54) is 12.6 Å².